The molecule has 0 unspecified atom stereocenters. The third-order valence-electron chi connectivity index (χ3n) is 5.41. The van der Waals surface area contributed by atoms with Gasteiger partial charge >= 0.3 is 5.97 Å². The molecule has 1 aromatic heterocycles. The van der Waals surface area contributed by atoms with Crippen LogP contribution in [-0.4, -0.2) is 49.0 Å². The van der Waals surface area contributed by atoms with Crippen LogP contribution in [0.3, 0.4) is 0 Å². The van der Waals surface area contributed by atoms with Crippen molar-refractivity contribution in [2.75, 3.05) is 0 Å². The number of carbonyl (C=O) groups is 2. The lowest BCUT2D eigenvalue weighted by molar-refractivity contribution is -0.141. The van der Waals surface area contributed by atoms with E-state index in [1.54, 1.807) is 46.2 Å². The van der Waals surface area contributed by atoms with Gasteiger partial charge in [-0.2, -0.15) is 0 Å². The Hall–Kier alpha value is -2.70. The number of hydrogen-bond acceptors (Lipinski definition) is 4. The molecule has 1 N–H and O–H groups in total. The van der Waals surface area contributed by atoms with Crippen molar-refractivity contribution in [1.29, 1.82) is 0 Å². The number of carbonyl (C=O) groups excluding carboxylic acids is 1. The second-order valence-electron chi connectivity index (χ2n) is 6.81. The average molecular weight is 340 g/mol. The summed E-state index contributed by atoms with van der Waals surface area (Å²) >= 11 is 0. The summed E-state index contributed by atoms with van der Waals surface area (Å²) in [4.78, 5) is 26.4. The zero-order chi connectivity index (χ0) is 17.4. The highest BCUT2D eigenvalue weighted by Gasteiger charge is 2.47. The van der Waals surface area contributed by atoms with E-state index in [-0.39, 0.29) is 11.9 Å². The van der Waals surface area contributed by atoms with E-state index < -0.39 is 12.0 Å². The Labute approximate surface area is 145 Å². The molecule has 130 valence electrons. The number of aliphatic carboxylic acids is 1. The molecule has 1 aliphatic heterocycles. The second-order valence-corrected chi connectivity index (χ2v) is 6.81. The van der Waals surface area contributed by atoms with Crippen molar-refractivity contribution in [3.63, 3.8) is 0 Å². The quantitative estimate of drug-likeness (QED) is 0.924. The fraction of sp³-hybridized carbons (Fsp3) is 0.444. The van der Waals surface area contributed by atoms with Crippen LogP contribution in [0.15, 0.2) is 36.7 Å². The molecule has 1 amide bonds. The highest BCUT2D eigenvalue weighted by atomic mass is 16.4. The molecule has 3 atom stereocenters. The Bertz CT molecular complexity index is 772. The standard InChI is InChI=1S/C18H20N4O3/c23-17(12-5-7-14(8-6-12)21-10-9-19-20-21)22-15-4-2-1-3-13(15)11-16(22)18(24)25/h5-10,13,15-16H,1-4,11H2,(H,24,25)/t13-,15-,16-/m0/s1. The Morgan fingerprint density at radius 2 is 1.88 bits per heavy atom. The Morgan fingerprint density at radius 1 is 1.12 bits per heavy atom. The maximum Gasteiger partial charge on any atom is 0.326 e. The summed E-state index contributed by atoms with van der Waals surface area (Å²) in [7, 11) is 0. The number of fused-ring (bicyclic) bond motifs is 1. The van der Waals surface area contributed by atoms with E-state index in [0.29, 0.717) is 17.9 Å². The topological polar surface area (TPSA) is 88.3 Å². The molecular formula is C18H20N4O3. The maximum absolute atomic E-state index is 13.0. The first-order chi connectivity index (χ1) is 12.1. The first-order valence-electron chi connectivity index (χ1n) is 8.67. The van der Waals surface area contributed by atoms with Crippen LogP contribution in [0.4, 0.5) is 0 Å². The third-order valence-corrected chi connectivity index (χ3v) is 5.41. The third kappa shape index (κ3) is 2.79. The summed E-state index contributed by atoms with van der Waals surface area (Å²) in [5, 5.41) is 17.3. The van der Waals surface area contributed by atoms with Crippen LogP contribution in [0.1, 0.15) is 42.5 Å². The van der Waals surface area contributed by atoms with Crippen LogP contribution in [0, 0.1) is 5.92 Å². The normalized spacial score (nSPS) is 25.6. The Kier molecular flexibility index (Phi) is 3.99. The molecule has 0 bridgehead atoms. The number of likely N-dealkylation sites (tertiary alicyclic amines) is 1. The molecule has 7 nitrogen and oxygen atoms in total. The van der Waals surface area contributed by atoms with Crippen LogP contribution in [0.25, 0.3) is 5.69 Å². The predicted molar refractivity (Wildman–Crippen MR) is 89.3 cm³/mol. The molecule has 2 heterocycles. The molecule has 1 aliphatic carbocycles. The number of nitrogens with zero attached hydrogens (tertiary/aromatic N) is 4. The molecule has 7 heteroatoms. The highest BCUT2D eigenvalue weighted by Crippen LogP contribution is 2.40. The molecule has 1 aromatic carbocycles. The molecule has 1 saturated heterocycles. The largest absolute Gasteiger partial charge is 0.480 e. The average Bonchev–Trinajstić information content (AvgIpc) is 3.29. The van der Waals surface area contributed by atoms with Gasteiger partial charge in [-0.1, -0.05) is 18.1 Å². The fourth-order valence-corrected chi connectivity index (χ4v) is 4.22. The van der Waals surface area contributed by atoms with Crippen molar-refractivity contribution < 1.29 is 14.7 Å². The molecule has 2 fully saturated rings. The monoisotopic (exact) mass is 340 g/mol. The van der Waals surface area contributed by atoms with Gasteiger partial charge in [0.05, 0.1) is 18.1 Å². The van der Waals surface area contributed by atoms with Crippen LogP contribution < -0.4 is 0 Å². The zero-order valence-corrected chi connectivity index (χ0v) is 13.8. The second kappa shape index (κ2) is 6.31. The molecule has 2 aromatic rings. The number of carboxylic acid groups (broad SMARTS) is 1. The van der Waals surface area contributed by atoms with Crippen molar-refractivity contribution in [3.05, 3.63) is 42.2 Å². The van der Waals surface area contributed by atoms with E-state index in [9.17, 15) is 14.7 Å². The van der Waals surface area contributed by atoms with Gasteiger partial charge in [0.15, 0.2) is 0 Å². The van der Waals surface area contributed by atoms with Gasteiger partial charge in [0.25, 0.3) is 5.91 Å². The summed E-state index contributed by atoms with van der Waals surface area (Å²) in [5.41, 5.74) is 1.32. The lowest BCUT2D eigenvalue weighted by atomic mass is 9.84. The van der Waals surface area contributed by atoms with Crippen molar-refractivity contribution in [2.45, 2.75) is 44.2 Å². The molecule has 0 radical (unpaired) electrons. The summed E-state index contributed by atoms with van der Waals surface area (Å²) in [6.07, 6.45) is 7.99. The van der Waals surface area contributed by atoms with Crippen LogP contribution >= 0.6 is 0 Å². The summed E-state index contributed by atoms with van der Waals surface area (Å²) < 4.78 is 1.61. The van der Waals surface area contributed by atoms with Crippen molar-refractivity contribution in [2.24, 2.45) is 5.92 Å². The summed E-state index contributed by atoms with van der Waals surface area (Å²) in [6.45, 7) is 0. The minimum atomic E-state index is -0.901. The number of hydrogen-bond donors (Lipinski definition) is 1. The van der Waals surface area contributed by atoms with E-state index in [1.165, 1.54) is 0 Å². The van der Waals surface area contributed by atoms with E-state index in [0.717, 1.165) is 31.4 Å². The van der Waals surface area contributed by atoms with E-state index in [4.69, 9.17) is 0 Å². The number of amides is 1. The van der Waals surface area contributed by atoms with Crippen molar-refractivity contribution >= 4 is 11.9 Å². The lowest BCUT2D eigenvalue weighted by Gasteiger charge is -2.33. The number of aromatic nitrogens is 3. The number of benzene rings is 1. The van der Waals surface area contributed by atoms with Crippen molar-refractivity contribution in [3.8, 4) is 5.69 Å². The van der Waals surface area contributed by atoms with Gasteiger partial charge in [-0.15, -0.1) is 5.10 Å². The molecule has 25 heavy (non-hydrogen) atoms. The van der Waals surface area contributed by atoms with E-state index >= 15 is 0 Å². The van der Waals surface area contributed by atoms with Gasteiger partial charge in [0.2, 0.25) is 0 Å². The summed E-state index contributed by atoms with van der Waals surface area (Å²) in [5.74, 6) is -0.776. The van der Waals surface area contributed by atoms with Crippen LogP contribution in [-0.2, 0) is 4.79 Å². The Morgan fingerprint density at radius 3 is 2.56 bits per heavy atom. The van der Waals surface area contributed by atoms with Gasteiger partial charge in [0, 0.05) is 11.6 Å². The maximum atomic E-state index is 13.0. The highest BCUT2D eigenvalue weighted by molar-refractivity contribution is 5.97. The summed E-state index contributed by atoms with van der Waals surface area (Å²) in [6, 6.07) is 6.40. The minimum absolute atomic E-state index is 0.0531. The zero-order valence-electron chi connectivity index (χ0n) is 13.8. The smallest absolute Gasteiger partial charge is 0.326 e. The van der Waals surface area contributed by atoms with Gasteiger partial charge in [0.1, 0.15) is 6.04 Å². The van der Waals surface area contributed by atoms with E-state index in [2.05, 4.69) is 10.3 Å². The molecule has 2 aliphatic rings. The number of carboxylic acids is 1. The number of rotatable bonds is 3. The fourth-order valence-electron chi connectivity index (χ4n) is 4.22. The minimum Gasteiger partial charge on any atom is -0.480 e. The lowest BCUT2D eigenvalue weighted by Crippen LogP contribution is -2.46. The van der Waals surface area contributed by atoms with E-state index in [1.807, 2.05) is 0 Å². The molecule has 1 saturated carbocycles. The van der Waals surface area contributed by atoms with Gasteiger partial charge < -0.3 is 10.0 Å². The van der Waals surface area contributed by atoms with Gasteiger partial charge in [-0.3, -0.25) is 4.79 Å². The molecular weight excluding hydrogens is 320 g/mol. The van der Waals surface area contributed by atoms with Gasteiger partial charge in [-0.25, -0.2) is 9.48 Å². The molecule has 4 rings (SSSR count). The van der Waals surface area contributed by atoms with Crippen LogP contribution in [0.5, 0.6) is 0 Å². The Balaban J connectivity index is 1.61. The van der Waals surface area contributed by atoms with Crippen LogP contribution in [0.2, 0.25) is 0 Å². The predicted octanol–water partition coefficient (Wildman–Crippen LogP) is 2.13. The SMILES string of the molecule is O=C(O)[C@@H]1C[C@@H]2CCCC[C@@H]2N1C(=O)c1ccc(-n2ccnn2)cc1. The first-order valence-corrected chi connectivity index (χ1v) is 8.67. The first kappa shape index (κ1) is 15.8. The van der Waals surface area contributed by atoms with Crippen molar-refractivity contribution in [1.82, 2.24) is 19.9 Å². The molecule has 0 spiro atoms. The van der Waals surface area contributed by atoms with Gasteiger partial charge in [-0.05, 0) is 49.4 Å².